The molecule has 0 saturated carbocycles. The first-order chi connectivity index (χ1) is 9.10. The van der Waals surface area contributed by atoms with Crippen LogP contribution >= 0.6 is 0 Å². The average molecular weight is 263 g/mol. The Morgan fingerprint density at radius 2 is 2.26 bits per heavy atom. The average Bonchev–Trinajstić information content (AvgIpc) is 2.89. The minimum Gasteiger partial charge on any atom is -0.481 e. The molecule has 8 nitrogen and oxygen atoms in total. The van der Waals surface area contributed by atoms with Crippen LogP contribution in [0.4, 0.5) is 5.88 Å². The summed E-state index contributed by atoms with van der Waals surface area (Å²) in [6, 6.07) is 3.90. The molecule has 0 bridgehead atoms. The summed E-state index contributed by atoms with van der Waals surface area (Å²) in [7, 11) is 1.45. The number of hydrogen-bond donors (Lipinski definition) is 0. The molecule has 0 amide bonds. The summed E-state index contributed by atoms with van der Waals surface area (Å²) in [5.74, 6) is -0.620. The molecule has 0 aliphatic heterocycles. The molecule has 2 aromatic rings. The maximum atomic E-state index is 11.8. The van der Waals surface area contributed by atoms with Crippen molar-refractivity contribution in [3.8, 4) is 5.88 Å². The number of hydrogen-bond acceptors (Lipinski definition) is 7. The molecule has 0 aromatic carbocycles. The molecule has 98 valence electrons. The van der Waals surface area contributed by atoms with Crippen molar-refractivity contribution in [1.82, 2.24) is 9.97 Å². The molecule has 0 N–H and O–H groups in total. The summed E-state index contributed by atoms with van der Waals surface area (Å²) < 4.78 is 9.71. The van der Waals surface area contributed by atoms with Crippen LogP contribution in [-0.4, -0.2) is 27.8 Å². The Labute approximate surface area is 107 Å². The van der Waals surface area contributed by atoms with E-state index in [9.17, 15) is 14.9 Å². The van der Waals surface area contributed by atoms with Crippen molar-refractivity contribution in [2.24, 2.45) is 0 Å². The summed E-state index contributed by atoms with van der Waals surface area (Å²) in [6.45, 7) is 0. The third kappa shape index (κ3) is 2.92. The fourth-order valence-corrected chi connectivity index (χ4v) is 1.41. The van der Waals surface area contributed by atoms with E-state index in [2.05, 4.69) is 9.97 Å². The molecular formula is C11H9N3O5. The number of ketones is 1. The van der Waals surface area contributed by atoms with Crippen molar-refractivity contribution in [3.05, 3.63) is 46.1 Å². The molecule has 2 aromatic heterocycles. The van der Waals surface area contributed by atoms with Gasteiger partial charge in [0.2, 0.25) is 11.7 Å². The molecular weight excluding hydrogens is 254 g/mol. The Hall–Kier alpha value is -2.77. The zero-order valence-corrected chi connectivity index (χ0v) is 9.90. The molecule has 8 heteroatoms. The van der Waals surface area contributed by atoms with E-state index < -0.39 is 16.6 Å². The van der Waals surface area contributed by atoms with Gasteiger partial charge in [-0.25, -0.2) is 9.97 Å². The molecule has 0 fully saturated rings. The number of ether oxygens (including phenoxy) is 1. The van der Waals surface area contributed by atoms with E-state index in [4.69, 9.17) is 9.15 Å². The maximum Gasteiger partial charge on any atom is 0.433 e. The summed E-state index contributed by atoms with van der Waals surface area (Å²) in [5.41, 5.74) is 0.441. The Morgan fingerprint density at radius 1 is 1.47 bits per heavy atom. The predicted molar refractivity (Wildman–Crippen MR) is 62.0 cm³/mol. The third-order valence-electron chi connectivity index (χ3n) is 2.30. The Balaban J connectivity index is 2.13. The molecule has 0 atom stereocenters. The van der Waals surface area contributed by atoms with Gasteiger partial charge in [0, 0.05) is 6.07 Å². The standard InChI is InChI=1S/C11H9N3O5/c1-18-10-5-7(12-6-13-10)4-8(15)9-2-3-11(19-9)14(16)17/h2-3,5-6H,4H2,1H3. The number of rotatable bonds is 5. The Bertz CT molecular complexity index is 622. The maximum absolute atomic E-state index is 11.8. The number of aromatic nitrogens is 2. The molecule has 2 rings (SSSR count). The van der Waals surface area contributed by atoms with Crippen LogP contribution in [0.1, 0.15) is 16.2 Å². The fraction of sp³-hybridized carbons (Fsp3) is 0.182. The van der Waals surface area contributed by atoms with Crippen LogP contribution in [0.3, 0.4) is 0 Å². The van der Waals surface area contributed by atoms with Gasteiger partial charge in [-0.2, -0.15) is 0 Å². The van der Waals surface area contributed by atoms with Crippen LogP contribution in [0.2, 0.25) is 0 Å². The van der Waals surface area contributed by atoms with Gasteiger partial charge < -0.3 is 9.15 Å². The lowest BCUT2D eigenvalue weighted by atomic mass is 10.2. The first-order valence-electron chi connectivity index (χ1n) is 5.22. The van der Waals surface area contributed by atoms with E-state index in [1.54, 1.807) is 0 Å². The lowest BCUT2D eigenvalue weighted by Gasteiger charge is -2.00. The minimum absolute atomic E-state index is 0.0520. The molecule has 0 radical (unpaired) electrons. The topological polar surface area (TPSA) is 108 Å². The van der Waals surface area contributed by atoms with Crippen LogP contribution in [0, 0.1) is 10.1 Å². The van der Waals surface area contributed by atoms with Crippen LogP contribution in [0.15, 0.2) is 28.9 Å². The van der Waals surface area contributed by atoms with Crippen LogP contribution in [0.5, 0.6) is 5.88 Å². The summed E-state index contributed by atoms with van der Waals surface area (Å²) in [4.78, 5) is 29.3. The molecule has 0 unspecified atom stereocenters. The second-order valence-corrected chi connectivity index (χ2v) is 3.55. The molecule has 19 heavy (non-hydrogen) atoms. The van der Waals surface area contributed by atoms with Gasteiger partial charge in [-0.3, -0.25) is 14.9 Å². The van der Waals surface area contributed by atoms with Crippen molar-refractivity contribution >= 4 is 11.7 Å². The number of carbonyl (C=O) groups excluding carboxylic acids is 1. The van der Waals surface area contributed by atoms with Gasteiger partial charge in [0.15, 0.2) is 5.76 Å². The highest BCUT2D eigenvalue weighted by atomic mass is 16.6. The summed E-state index contributed by atoms with van der Waals surface area (Å²) in [5, 5.41) is 10.4. The highest BCUT2D eigenvalue weighted by Gasteiger charge is 2.18. The lowest BCUT2D eigenvalue weighted by Crippen LogP contribution is -2.04. The normalized spacial score (nSPS) is 10.2. The quantitative estimate of drug-likeness (QED) is 0.455. The van der Waals surface area contributed by atoms with Gasteiger partial charge in [-0.1, -0.05) is 0 Å². The largest absolute Gasteiger partial charge is 0.481 e. The highest BCUT2D eigenvalue weighted by Crippen LogP contribution is 2.17. The van der Waals surface area contributed by atoms with Gasteiger partial charge in [-0.15, -0.1) is 0 Å². The lowest BCUT2D eigenvalue weighted by molar-refractivity contribution is -0.402. The van der Waals surface area contributed by atoms with Crippen LogP contribution in [0.25, 0.3) is 0 Å². The van der Waals surface area contributed by atoms with Crippen molar-refractivity contribution in [1.29, 1.82) is 0 Å². The zero-order valence-electron chi connectivity index (χ0n) is 9.90. The van der Waals surface area contributed by atoms with E-state index in [1.807, 2.05) is 0 Å². The van der Waals surface area contributed by atoms with Gasteiger partial charge in [0.05, 0.1) is 25.3 Å². The monoisotopic (exact) mass is 263 g/mol. The first-order valence-corrected chi connectivity index (χ1v) is 5.22. The molecule has 0 saturated heterocycles. The van der Waals surface area contributed by atoms with Crippen LogP contribution < -0.4 is 4.74 Å². The number of carbonyl (C=O) groups is 1. The summed E-state index contributed by atoms with van der Waals surface area (Å²) in [6.07, 6.45) is 1.22. The van der Waals surface area contributed by atoms with Gasteiger partial charge in [-0.05, 0) is 6.07 Å². The first kappa shape index (κ1) is 12.7. The second kappa shape index (κ2) is 5.25. The van der Waals surface area contributed by atoms with E-state index >= 15 is 0 Å². The van der Waals surface area contributed by atoms with Crippen LogP contribution in [-0.2, 0) is 6.42 Å². The number of Topliss-reactive ketones (excluding diaryl/α,β-unsaturated/α-hetero) is 1. The second-order valence-electron chi connectivity index (χ2n) is 3.55. The van der Waals surface area contributed by atoms with E-state index in [0.717, 1.165) is 6.07 Å². The van der Waals surface area contributed by atoms with Crippen molar-refractivity contribution < 1.29 is 18.9 Å². The van der Waals surface area contributed by atoms with Crippen molar-refractivity contribution in [2.45, 2.75) is 6.42 Å². The Kier molecular flexibility index (Phi) is 3.51. The minimum atomic E-state index is -0.704. The van der Waals surface area contributed by atoms with Gasteiger partial charge in [0.25, 0.3) is 0 Å². The smallest absolute Gasteiger partial charge is 0.433 e. The Morgan fingerprint density at radius 3 is 2.89 bits per heavy atom. The SMILES string of the molecule is COc1cc(CC(=O)c2ccc([N+](=O)[O-])o2)ncn1. The van der Waals surface area contributed by atoms with Gasteiger partial charge >= 0.3 is 5.88 Å². The number of nitrogens with zero attached hydrogens (tertiary/aromatic N) is 3. The predicted octanol–water partition coefficient (Wildman–Crippen LogP) is 1.41. The molecule has 0 aliphatic rings. The van der Waals surface area contributed by atoms with Crippen molar-refractivity contribution in [3.63, 3.8) is 0 Å². The zero-order chi connectivity index (χ0) is 13.8. The van der Waals surface area contributed by atoms with Crippen molar-refractivity contribution in [2.75, 3.05) is 7.11 Å². The fourth-order valence-electron chi connectivity index (χ4n) is 1.41. The highest BCUT2D eigenvalue weighted by molar-refractivity contribution is 5.95. The van der Waals surface area contributed by atoms with E-state index in [0.29, 0.717) is 11.6 Å². The molecule has 2 heterocycles. The van der Waals surface area contributed by atoms with E-state index in [1.165, 1.54) is 25.6 Å². The van der Waals surface area contributed by atoms with E-state index in [-0.39, 0.29) is 12.2 Å². The molecule has 0 aliphatic carbocycles. The number of furan rings is 1. The third-order valence-corrected chi connectivity index (χ3v) is 2.30. The number of methoxy groups -OCH3 is 1. The number of nitro groups is 1. The summed E-state index contributed by atoms with van der Waals surface area (Å²) >= 11 is 0. The van der Waals surface area contributed by atoms with Gasteiger partial charge in [0.1, 0.15) is 11.3 Å². The molecule has 0 spiro atoms.